The molecule has 8 heteroatoms. The number of fused-ring (bicyclic) bond motifs is 1. The van der Waals surface area contributed by atoms with Crippen molar-refractivity contribution < 1.29 is 25.2 Å². The van der Waals surface area contributed by atoms with Crippen LogP contribution in [-0.2, 0) is 28.6 Å². The van der Waals surface area contributed by atoms with Gasteiger partial charge in [-0.3, -0.25) is 8.37 Å². The number of hydrogen-bond donors (Lipinski definition) is 0. The molecule has 4 aliphatic carbocycles. The van der Waals surface area contributed by atoms with E-state index in [1.165, 1.54) is 0 Å². The summed E-state index contributed by atoms with van der Waals surface area (Å²) in [5.41, 5.74) is 0. The van der Waals surface area contributed by atoms with E-state index < -0.39 is 20.2 Å². The van der Waals surface area contributed by atoms with Crippen molar-refractivity contribution in [2.75, 3.05) is 25.7 Å². The number of rotatable bonds is 6. The van der Waals surface area contributed by atoms with Crippen molar-refractivity contribution >= 4 is 20.2 Å². The molecule has 0 radical (unpaired) electrons. The van der Waals surface area contributed by atoms with Gasteiger partial charge in [0.2, 0.25) is 0 Å². The van der Waals surface area contributed by atoms with E-state index in [1.807, 2.05) is 0 Å². The average molecular weight is 336 g/mol. The van der Waals surface area contributed by atoms with Crippen LogP contribution in [0.3, 0.4) is 0 Å². The van der Waals surface area contributed by atoms with E-state index in [1.54, 1.807) is 0 Å². The standard InChI is InChI=1S/C13H20O6S2/c1-20(14,15)18-6-12-8-3-4-9(11-5-10(8)11)13(12)7-19-21(2,16)17/h3-4,8-13H,5-7H2,1-2H3/t8-,9+,10-,11-,12+,13-/m0/s1. The van der Waals surface area contributed by atoms with Crippen LogP contribution in [0.25, 0.3) is 0 Å². The van der Waals surface area contributed by atoms with E-state index >= 15 is 0 Å². The molecule has 0 N–H and O–H groups in total. The monoisotopic (exact) mass is 336 g/mol. The molecule has 4 rings (SSSR count). The first kappa shape index (κ1) is 15.5. The van der Waals surface area contributed by atoms with Crippen molar-refractivity contribution in [2.45, 2.75) is 6.42 Å². The maximum atomic E-state index is 11.2. The second kappa shape index (κ2) is 5.04. The normalized spacial score (nSPS) is 41.0. The summed E-state index contributed by atoms with van der Waals surface area (Å²) in [7, 11) is -6.99. The van der Waals surface area contributed by atoms with Gasteiger partial charge >= 0.3 is 0 Å². The van der Waals surface area contributed by atoms with Crippen LogP contribution in [0, 0.1) is 35.5 Å². The van der Waals surface area contributed by atoms with Gasteiger partial charge in [0, 0.05) is 0 Å². The second-order valence-electron chi connectivity index (χ2n) is 6.41. The Bertz CT molecular complexity index is 594. The molecule has 2 bridgehead atoms. The van der Waals surface area contributed by atoms with Gasteiger partial charge in [0.05, 0.1) is 25.7 Å². The molecule has 0 aliphatic heterocycles. The van der Waals surface area contributed by atoms with Crippen LogP contribution in [-0.4, -0.2) is 42.6 Å². The smallest absolute Gasteiger partial charge is 0.264 e. The van der Waals surface area contributed by atoms with E-state index in [9.17, 15) is 16.8 Å². The minimum Gasteiger partial charge on any atom is -0.270 e. The molecule has 2 fully saturated rings. The van der Waals surface area contributed by atoms with E-state index in [0.29, 0.717) is 11.8 Å². The lowest BCUT2D eigenvalue weighted by Crippen LogP contribution is -2.43. The highest BCUT2D eigenvalue weighted by Gasteiger charge is 2.59. The van der Waals surface area contributed by atoms with Crippen molar-refractivity contribution in [1.82, 2.24) is 0 Å². The fourth-order valence-electron chi connectivity index (χ4n) is 4.03. The second-order valence-corrected chi connectivity index (χ2v) is 9.70. The van der Waals surface area contributed by atoms with Gasteiger partial charge in [0.25, 0.3) is 20.2 Å². The fourth-order valence-corrected chi connectivity index (χ4v) is 4.84. The molecule has 4 aliphatic rings. The quantitative estimate of drug-likeness (QED) is 0.522. The zero-order valence-electron chi connectivity index (χ0n) is 12.0. The summed E-state index contributed by atoms with van der Waals surface area (Å²) in [5, 5.41) is 0. The van der Waals surface area contributed by atoms with Crippen LogP contribution < -0.4 is 0 Å². The molecule has 0 unspecified atom stereocenters. The third-order valence-electron chi connectivity index (χ3n) is 4.92. The van der Waals surface area contributed by atoms with Crippen LogP contribution in [0.5, 0.6) is 0 Å². The molecule has 120 valence electrons. The first-order valence-corrected chi connectivity index (χ1v) is 10.7. The largest absolute Gasteiger partial charge is 0.270 e. The average Bonchev–Trinajstić information content (AvgIpc) is 3.13. The topological polar surface area (TPSA) is 86.7 Å². The molecule has 0 aromatic heterocycles. The van der Waals surface area contributed by atoms with E-state index in [2.05, 4.69) is 12.2 Å². The highest BCUT2D eigenvalue weighted by Crippen LogP contribution is 2.63. The van der Waals surface area contributed by atoms with E-state index in [4.69, 9.17) is 8.37 Å². The summed E-state index contributed by atoms with van der Waals surface area (Å²) in [4.78, 5) is 0. The third kappa shape index (κ3) is 3.33. The number of allylic oxidation sites excluding steroid dienone is 2. The van der Waals surface area contributed by atoms with Gasteiger partial charge < -0.3 is 0 Å². The van der Waals surface area contributed by atoms with E-state index in [-0.39, 0.29) is 36.9 Å². The summed E-state index contributed by atoms with van der Waals surface area (Å²) in [6.07, 6.45) is 7.49. The van der Waals surface area contributed by atoms with Crippen LogP contribution >= 0.6 is 0 Å². The minimum absolute atomic E-state index is 0.000208. The Morgan fingerprint density at radius 2 is 1.24 bits per heavy atom. The maximum Gasteiger partial charge on any atom is 0.264 e. The molecule has 0 saturated heterocycles. The third-order valence-corrected chi connectivity index (χ3v) is 6.05. The molecule has 21 heavy (non-hydrogen) atoms. The van der Waals surface area contributed by atoms with Gasteiger partial charge in [-0.1, -0.05) is 12.2 Å². The Labute approximate surface area is 125 Å². The SMILES string of the molecule is CS(=O)(=O)OC[C@@H]1[C@H]2C=C[C@@H]([C@@H]1COS(C)(=O)=O)[C@@H]1C[C@@H]21. The van der Waals surface area contributed by atoms with Gasteiger partial charge in [-0.25, -0.2) is 0 Å². The van der Waals surface area contributed by atoms with Crippen molar-refractivity contribution in [3.05, 3.63) is 12.2 Å². The van der Waals surface area contributed by atoms with Gasteiger partial charge in [0.15, 0.2) is 0 Å². The van der Waals surface area contributed by atoms with Crippen LogP contribution in [0.2, 0.25) is 0 Å². The Balaban J connectivity index is 1.75. The van der Waals surface area contributed by atoms with Crippen LogP contribution in [0.1, 0.15) is 6.42 Å². The molecule has 0 spiro atoms. The predicted octanol–water partition coefficient (Wildman–Crippen LogP) is 0.623. The zero-order valence-corrected chi connectivity index (χ0v) is 13.6. The van der Waals surface area contributed by atoms with Gasteiger partial charge in [-0.2, -0.15) is 16.8 Å². The Hall–Kier alpha value is -0.440. The molecule has 6 atom stereocenters. The first-order chi connectivity index (χ1) is 9.66. The Morgan fingerprint density at radius 1 is 0.857 bits per heavy atom. The molecule has 0 heterocycles. The Kier molecular flexibility index (Phi) is 3.71. The van der Waals surface area contributed by atoms with Crippen molar-refractivity contribution in [3.63, 3.8) is 0 Å². The molecular formula is C13H20O6S2. The zero-order chi connectivity index (χ0) is 15.4. The first-order valence-electron chi connectivity index (χ1n) is 7.03. The summed E-state index contributed by atoms with van der Waals surface area (Å²) in [5.74, 6) is 1.75. The lowest BCUT2D eigenvalue weighted by atomic mass is 9.63. The van der Waals surface area contributed by atoms with Crippen molar-refractivity contribution in [3.8, 4) is 0 Å². The van der Waals surface area contributed by atoms with Crippen molar-refractivity contribution in [2.24, 2.45) is 35.5 Å². The summed E-state index contributed by atoms with van der Waals surface area (Å²) in [6, 6.07) is 0. The van der Waals surface area contributed by atoms with Gasteiger partial charge in [-0.05, 0) is 41.9 Å². The Morgan fingerprint density at radius 3 is 1.57 bits per heavy atom. The molecule has 0 aromatic carbocycles. The molecule has 6 nitrogen and oxygen atoms in total. The van der Waals surface area contributed by atoms with Crippen LogP contribution in [0.4, 0.5) is 0 Å². The minimum atomic E-state index is -3.49. The van der Waals surface area contributed by atoms with Gasteiger partial charge in [-0.15, -0.1) is 0 Å². The number of hydrogen-bond acceptors (Lipinski definition) is 6. The lowest BCUT2D eigenvalue weighted by Gasteiger charge is -2.44. The summed E-state index contributed by atoms with van der Waals surface area (Å²) >= 11 is 0. The molecule has 0 amide bonds. The lowest BCUT2D eigenvalue weighted by molar-refractivity contribution is 0.0379. The highest BCUT2D eigenvalue weighted by molar-refractivity contribution is 7.86. The summed E-state index contributed by atoms with van der Waals surface area (Å²) < 4.78 is 54.9. The highest BCUT2D eigenvalue weighted by atomic mass is 32.2. The van der Waals surface area contributed by atoms with E-state index in [0.717, 1.165) is 18.9 Å². The molecule has 2 saturated carbocycles. The molecular weight excluding hydrogens is 316 g/mol. The fraction of sp³-hybridized carbons (Fsp3) is 0.846. The molecule has 0 aromatic rings. The predicted molar refractivity (Wildman–Crippen MR) is 76.3 cm³/mol. The van der Waals surface area contributed by atoms with Crippen LogP contribution in [0.15, 0.2) is 12.2 Å². The van der Waals surface area contributed by atoms with Gasteiger partial charge in [0.1, 0.15) is 0 Å². The van der Waals surface area contributed by atoms with Crippen molar-refractivity contribution in [1.29, 1.82) is 0 Å². The maximum absolute atomic E-state index is 11.2. The summed E-state index contributed by atoms with van der Waals surface area (Å²) in [6.45, 7) is 0.205.